The van der Waals surface area contributed by atoms with Gasteiger partial charge in [0.05, 0.1) is 13.2 Å². The number of hydrogen-bond donors (Lipinski definition) is 1. The first-order valence-electron chi connectivity index (χ1n) is 10.5. The van der Waals surface area contributed by atoms with Gasteiger partial charge in [0, 0.05) is 30.9 Å². The zero-order valence-electron chi connectivity index (χ0n) is 18.3. The normalized spacial score (nSPS) is 14.5. The van der Waals surface area contributed by atoms with Crippen LogP contribution in [0.15, 0.2) is 36.4 Å². The molecular weight excluding hydrogens is 392 g/mol. The fourth-order valence-electron chi connectivity index (χ4n) is 3.89. The van der Waals surface area contributed by atoms with E-state index in [1.807, 2.05) is 32.9 Å². The lowest BCUT2D eigenvalue weighted by molar-refractivity contribution is -0.117. The summed E-state index contributed by atoms with van der Waals surface area (Å²) in [5.41, 5.74) is 6.20. The third-order valence-corrected chi connectivity index (χ3v) is 5.40. The van der Waals surface area contributed by atoms with E-state index in [-0.39, 0.29) is 12.5 Å². The van der Waals surface area contributed by atoms with Crippen LogP contribution in [0.1, 0.15) is 22.3 Å². The van der Waals surface area contributed by atoms with Crippen molar-refractivity contribution in [3.05, 3.63) is 58.7 Å². The Morgan fingerprint density at radius 2 is 1.74 bits per heavy atom. The van der Waals surface area contributed by atoms with E-state index >= 15 is 0 Å². The second-order valence-electron chi connectivity index (χ2n) is 8.05. The standard InChI is InChI=1S/C23H28N6O2/c1-16-12-17(2)22(18(3)13-16)24-21(30)15-29-26-23(25-27-29)20-6-4-19(5-7-20)14-28-8-10-31-11-9-28/h4-7,12-13H,8-11,14-15H2,1-3H3,(H,24,30). The van der Waals surface area contributed by atoms with Crippen molar-refractivity contribution in [2.45, 2.75) is 33.9 Å². The van der Waals surface area contributed by atoms with E-state index in [0.717, 1.165) is 55.2 Å². The number of carbonyl (C=O) groups excluding carboxylic acids is 1. The summed E-state index contributed by atoms with van der Waals surface area (Å²) in [4.78, 5) is 16.2. The van der Waals surface area contributed by atoms with Crippen LogP contribution in [0.25, 0.3) is 11.4 Å². The third kappa shape index (κ3) is 5.34. The number of ether oxygens (including phenoxy) is 1. The van der Waals surface area contributed by atoms with E-state index in [1.165, 1.54) is 15.9 Å². The maximum absolute atomic E-state index is 12.5. The Labute approximate surface area is 182 Å². The highest BCUT2D eigenvalue weighted by Gasteiger charge is 2.13. The largest absolute Gasteiger partial charge is 0.379 e. The first-order valence-corrected chi connectivity index (χ1v) is 10.5. The van der Waals surface area contributed by atoms with Gasteiger partial charge in [0.15, 0.2) is 0 Å². The topological polar surface area (TPSA) is 85.2 Å². The first kappa shape index (κ1) is 21.1. The maximum atomic E-state index is 12.5. The van der Waals surface area contributed by atoms with Crippen molar-refractivity contribution >= 4 is 11.6 Å². The van der Waals surface area contributed by atoms with Gasteiger partial charge in [-0.3, -0.25) is 9.69 Å². The molecule has 1 amide bonds. The van der Waals surface area contributed by atoms with Crippen LogP contribution < -0.4 is 5.32 Å². The number of rotatable bonds is 6. The highest BCUT2D eigenvalue weighted by atomic mass is 16.5. The molecule has 0 atom stereocenters. The number of aryl methyl sites for hydroxylation is 3. The number of amides is 1. The first-order chi connectivity index (χ1) is 15.0. The van der Waals surface area contributed by atoms with Crippen molar-refractivity contribution in [2.75, 3.05) is 31.6 Å². The zero-order chi connectivity index (χ0) is 21.8. The van der Waals surface area contributed by atoms with Crippen LogP contribution in [0.2, 0.25) is 0 Å². The third-order valence-electron chi connectivity index (χ3n) is 5.40. The number of tetrazole rings is 1. The minimum atomic E-state index is -0.181. The van der Waals surface area contributed by atoms with Gasteiger partial charge in [-0.25, -0.2) is 0 Å². The summed E-state index contributed by atoms with van der Waals surface area (Å²) < 4.78 is 5.40. The Hall–Kier alpha value is -3.10. The van der Waals surface area contributed by atoms with Crippen LogP contribution in [0.3, 0.4) is 0 Å². The molecule has 8 nitrogen and oxygen atoms in total. The SMILES string of the molecule is Cc1cc(C)c(NC(=O)Cn2nnc(-c3ccc(CN4CCOCC4)cc3)n2)c(C)c1. The average molecular weight is 421 g/mol. The molecule has 2 aromatic carbocycles. The number of anilines is 1. The molecule has 3 aromatic rings. The molecule has 0 bridgehead atoms. The lowest BCUT2D eigenvalue weighted by Crippen LogP contribution is -2.35. The maximum Gasteiger partial charge on any atom is 0.248 e. The van der Waals surface area contributed by atoms with E-state index in [2.05, 4.69) is 49.9 Å². The molecule has 1 saturated heterocycles. The monoisotopic (exact) mass is 420 g/mol. The minimum absolute atomic E-state index is 0.00880. The minimum Gasteiger partial charge on any atom is -0.379 e. The lowest BCUT2D eigenvalue weighted by atomic mass is 10.1. The molecule has 162 valence electrons. The van der Waals surface area contributed by atoms with Crippen molar-refractivity contribution in [1.82, 2.24) is 25.1 Å². The Balaban J connectivity index is 1.37. The summed E-state index contributed by atoms with van der Waals surface area (Å²) in [5, 5.41) is 15.5. The van der Waals surface area contributed by atoms with Crippen LogP contribution in [0, 0.1) is 20.8 Å². The molecule has 0 saturated carbocycles. The van der Waals surface area contributed by atoms with E-state index in [4.69, 9.17) is 4.74 Å². The molecule has 4 rings (SSSR count). The van der Waals surface area contributed by atoms with Crippen LogP contribution in [-0.4, -0.2) is 57.3 Å². The molecule has 31 heavy (non-hydrogen) atoms. The summed E-state index contributed by atoms with van der Waals surface area (Å²) in [6.45, 7) is 10.4. The van der Waals surface area contributed by atoms with E-state index < -0.39 is 0 Å². The van der Waals surface area contributed by atoms with Gasteiger partial charge in [-0.1, -0.05) is 42.0 Å². The quantitative estimate of drug-likeness (QED) is 0.660. The van der Waals surface area contributed by atoms with Gasteiger partial charge in [-0.05, 0) is 42.7 Å². The van der Waals surface area contributed by atoms with Crippen molar-refractivity contribution in [3.63, 3.8) is 0 Å². The highest BCUT2D eigenvalue weighted by Crippen LogP contribution is 2.22. The van der Waals surface area contributed by atoms with Gasteiger partial charge in [0.25, 0.3) is 0 Å². The van der Waals surface area contributed by atoms with Gasteiger partial charge in [0.2, 0.25) is 11.7 Å². The number of morpholine rings is 1. The highest BCUT2D eigenvalue weighted by molar-refractivity contribution is 5.92. The number of aromatic nitrogens is 4. The van der Waals surface area contributed by atoms with Crippen molar-refractivity contribution < 1.29 is 9.53 Å². The van der Waals surface area contributed by atoms with E-state index in [1.54, 1.807) is 0 Å². The molecule has 0 spiro atoms. The molecule has 1 aliphatic heterocycles. The fourth-order valence-corrected chi connectivity index (χ4v) is 3.89. The van der Waals surface area contributed by atoms with Crippen LogP contribution >= 0.6 is 0 Å². The Bertz CT molecular complexity index is 1030. The molecule has 8 heteroatoms. The predicted molar refractivity (Wildman–Crippen MR) is 119 cm³/mol. The smallest absolute Gasteiger partial charge is 0.248 e. The predicted octanol–water partition coefficient (Wildman–Crippen LogP) is 2.74. The van der Waals surface area contributed by atoms with Crippen molar-refractivity contribution in [3.8, 4) is 11.4 Å². The van der Waals surface area contributed by atoms with Crippen LogP contribution in [-0.2, 0) is 22.6 Å². The average Bonchev–Trinajstić information content (AvgIpc) is 3.20. The summed E-state index contributed by atoms with van der Waals surface area (Å²) in [6, 6.07) is 12.3. The van der Waals surface area contributed by atoms with Gasteiger partial charge < -0.3 is 10.1 Å². The number of carbonyl (C=O) groups is 1. The molecule has 1 fully saturated rings. The van der Waals surface area contributed by atoms with Gasteiger partial charge >= 0.3 is 0 Å². The van der Waals surface area contributed by atoms with Crippen LogP contribution in [0.4, 0.5) is 5.69 Å². The lowest BCUT2D eigenvalue weighted by Gasteiger charge is -2.26. The van der Waals surface area contributed by atoms with Crippen LogP contribution in [0.5, 0.6) is 0 Å². The molecule has 1 aliphatic rings. The zero-order valence-corrected chi connectivity index (χ0v) is 18.3. The second-order valence-corrected chi connectivity index (χ2v) is 8.05. The molecule has 0 aliphatic carbocycles. The fraction of sp³-hybridized carbons (Fsp3) is 0.391. The molecular formula is C23H28N6O2. The molecule has 2 heterocycles. The number of benzene rings is 2. The molecule has 0 radical (unpaired) electrons. The second kappa shape index (κ2) is 9.36. The summed E-state index contributed by atoms with van der Waals surface area (Å²) in [5.74, 6) is 0.327. The Morgan fingerprint density at radius 1 is 1.06 bits per heavy atom. The Morgan fingerprint density at radius 3 is 2.42 bits per heavy atom. The number of nitrogens with zero attached hydrogens (tertiary/aromatic N) is 5. The molecule has 1 N–H and O–H groups in total. The summed E-state index contributed by atoms with van der Waals surface area (Å²) in [7, 11) is 0. The number of hydrogen-bond acceptors (Lipinski definition) is 6. The van der Waals surface area contributed by atoms with Gasteiger partial charge in [0.1, 0.15) is 6.54 Å². The van der Waals surface area contributed by atoms with Crippen molar-refractivity contribution in [1.29, 1.82) is 0 Å². The van der Waals surface area contributed by atoms with E-state index in [9.17, 15) is 4.79 Å². The van der Waals surface area contributed by atoms with Gasteiger partial charge in [-0.15, -0.1) is 10.2 Å². The summed E-state index contributed by atoms with van der Waals surface area (Å²) in [6.07, 6.45) is 0. The van der Waals surface area contributed by atoms with E-state index in [0.29, 0.717) is 5.82 Å². The molecule has 1 aromatic heterocycles. The number of nitrogens with one attached hydrogen (secondary N) is 1. The Kier molecular flexibility index (Phi) is 6.39. The molecule has 0 unspecified atom stereocenters. The van der Waals surface area contributed by atoms with Gasteiger partial charge in [-0.2, -0.15) is 4.80 Å². The summed E-state index contributed by atoms with van der Waals surface area (Å²) >= 11 is 0. The van der Waals surface area contributed by atoms with Crippen molar-refractivity contribution in [2.24, 2.45) is 0 Å².